The molecule has 0 aliphatic carbocycles. The fourth-order valence-corrected chi connectivity index (χ4v) is 2.64. The minimum Gasteiger partial charge on any atom is -0.276 e. The zero-order valence-electron chi connectivity index (χ0n) is 6.80. The summed E-state index contributed by atoms with van der Waals surface area (Å²) in [6.07, 6.45) is 0. The van der Waals surface area contributed by atoms with Gasteiger partial charge in [-0.15, -0.1) is 0 Å². The van der Waals surface area contributed by atoms with Crippen LogP contribution in [0.4, 0.5) is 0 Å². The van der Waals surface area contributed by atoms with E-state index in [-0.39, 0.29) is 20.0 Å². The molecule has 1 aromatic rings. The molecule has 0 bridgehead atoms. The Bertz CT molecular complexity index is 527. The van der Waals surface area contributed by atoms with E-state index < -0.39 is 14.3 Å². The van der Waals surface area contributed by atoms with Gasteiger partial charge in [-0.3, -0.25) is 4.79 Å². The maximum absolute atomic E-state index is 11.0. The van der Waals surface area contributed by atoms with E-state index in [1.165, 1.54) is 6.07 Å². The SMILES string of the molecule is O=C(Cl)c1cc(S(=O)(=O)Cl)cc(Br)c1Cl. The first-order chi connectivity index (χ1) is 6.73. The van der Waals surface area contributed by atoms with E-state index in [0.717, 1.165) is 6.07 Å². The molecule has 3 nitrogen and oxygen atoms in total. The summed E-state index contributed by atoms with van der Waals surface area (Å²) in [6, 6.07) is 2.21. The minimum absolute atomic E-state index is 0.0408. The van der Waals surface area contributed by atoms with Gasteiger partial charge >= 0.3 is 0 Å². The molecule has 1 aromatic carbocycles. The lowest BCUT2D eigenvalue weighted by Gasteiger charge is -2.04. The Balaban J connectivity index is 3.57. The molecule has 8 heteroatoms. The third-order valence-electron chi connectivity index (χ3n) is 1.50. The Labute approximate surface area is 109 Å². The summed E-state index contributed by atoms with van der Waals surface area (Å²) < 4.78 is 22.3. The summed E-state index contributed by atoms with van der Waals surface area (Å²) >= 11 is 13.9. The fraction of sp³-hybridized carbons (Fsp3) is 0. The highest BCUT2D eigenvalue weighted by Crippen LogP contribution is 2.31. The van der Waals surface area contributed by atoms with Crippen molar-refractivity contribution in [3.63, 3.8) is 0 Å². The second-order valence-electron chi connectivity index (χ2n) is 2.48. The van der Waals surface area contributed by atoms with Crippen molar-refractivity contribution in [3.8, 4) is 0 Å². The van der Waals surface area contributed by atoms with Crippen molar-refractivity contribution >= 4 is 64.1 Å². The van der Waals surface area contributed by atoms with E-state index in [2.05, 4.69) is 15.9 Å². The number of halogens is 4. The largest absolute Gasteiger partial charge is 0.276 e. The van der Waals surface area contributed by atoms with Crippen molar-refractivity contribution < 1.29 is 13.2 Å². The smallest absolute Gasteiger partial charge is 0.261 e. The van der Waals surface area contributed by atoms with Crippen LogP contribution in [0.15, 0.2) is 21.5 Å². The number of carbonyl (C=O) groups excluding carboxylic acids is 1. The number of hydrogen-bond acceptors (Lipinski definition) is 3. The molecular weight excluding hydrogens is 350 g/mol. The van der Waals surface area contributed by atoms with Crippen LogP contribution in [0.2, 0.25) is 5.02 Å². The molecule has 0 saturated heterocycles. The van der Waals surface area contributed by atoms with Crippen molar-refractivity contribution in [2.24, 2.45) is 0 Å². The minimum atomic E-state index is -3.93. The molecular formula is C7H2BrCl3O3S. The topological polar surface area (TPSA) is 51.2 Å². The van der Waals surface area contributed by atoms with E-state index in [1.54, 1.807) is 0 Å². The number of carbonyl (C=O) groups is 1. The first-order valence-corrected chi connectivity index (χ1v) is 7.23. The highest BCUT2D eigenvalue weighted by atomic mass is 79.9. The molecule has 15 heavy (non-hydrogen) atoms. The van der Waals surface area contributed by atoms with Crippen LogP contribution >= 0.6 is 49.8 Å². The molecule has 0 radical (unpaired) electrons. The first kappa shape index (κ1) is 13.3. The average Bonchev–Trinajstić information content (AvgIpc) is 2.06. The quantitative estimate of drug-likeness (QED) is 0.767. The van der Waals surface area contributed by atoms with Gasteiger partial charge in [0.05, 0.1) is 15.5 Å². The van der Waals surface area contributed by atoms with Gasteiger partial charge in [-0.25, -0.2) is 8.42 Å². The second-order valence-corrected chi connectivity index (χ2v) is 6.62. The van der Waals surface area contributed by atoms with Gasteiger partial charge in [-0.05, 0) is 39.7 Å². The summed E-state index contributed by atoms with van der Waals surface area (Å²) in [7, 11) is 1.19. The Morgan fingerprint density at radius 2 is 1.87 bits per heavy atom. The van der Waals surface area contributed by atoms with Crippen molar-refractivity contribution in [1.29, 1.82) is 0 Å². The van der Waals surface area contributed by atoms with Crippen LogP contribution in [0.25, 0.3) is 0 Å². The lowest BCUT2D eigenvalue weighted by atomic mass is 10.2. The third kappa shape index (κ3) is 3.07. The zero-order valence-corrected chi connectivity index (χ0v) is 11.5. The summed E-state index contributed by atoms with van der Waals surface area (Å²) in [5.74, 6) is 0. The molecule has 1 rings (SSSR count). The van der Waals surface area contributed by atoms with Crippen molar-refractivity contribution in [1.82, 2.24) is 0 Å². The Kier molecular flexibility index (Phi) is 4.06. The lowest BCUT2D eigenvalue weighted by Crippen LogP contribution is -1.97. The van der Waals surface area contributed by atoms with Crippen LogP contribution in [0.3, 0.4) is 0 Å². The summed E-state index contributed by atoms with van der Waals surface area (Å²) in [5.41, 5.74) is -0.119. The van der Waals surface area contributed by atoms with Crippen LogP contribution in [-0.2, 0) is 9.05 Å². The Morgan fingerprint density at radius 3 is 2.27 bits per heavy atom. The molecule has 0 spiro atoms. The van der Waals surface area contributed by atoms with Crippen molar-refractivity contribution in [3.05, 3.63) is 27.2 Å². The van der Waals surface area contributed by atoms with E-state index in [4.69, 9.17) is 33.9 Å². The first-order valence-electron chi connectivity index (χ1n) is 3.37. The van der Waals surface area contributed by atoms with Gasteiger partial charge in [0, 0.05) is 15.2 Å². The maximum atomic E-state index is 11.0. The number of benzene rings is 1. The van der Waals surface area contributed by atoms with E-state index in [1.807, 2.05) is 0 Å². The van der Waals surface area contributed by atoms with Gasteiger partial charge in [-0.2, -0.15) is 0 Å². The fourth-order valence-electron chi connectivity index (χ4n) is 0.848. The van der Waals surface area contributed by atoms with Crippen LogP contribution in [0.1, 0.15) is 10.4 Å². The zero-order chi connectivity index (χ0) is 11.8. The summed E-state index contributed by atoms with van der Waals surface area (Å²) in [4.78, 5) is 10.7. The Morgan fingerprint density at radius 1 is 1.33 bits per heavy atom. The molecule has 0 fully saturated rings. The van der Waals surface area contributed by atoms with Gasteiger partial charge in [0.15, 0.2) is 0 Å². The molecule has 0 amide bonds. The maximum Gasteiger partial charge on any atom is 0.261 e. The average molecular weight is 352 g/mol. The number of hydrogen-bond donors (Lipinski definition) is 0. The molecule has 0 heterocycles. The predicted octanol–water partition coefficient (Wildman–Crippen LogP) is 3.41. The summed E-state index contributed by atoms with van der Waals surface area (Å²) in [6.45, 7) is 0. The van der Waals surface area contributed by atoms with Crippen molar-refractivity contribution in [2.75, 3.05) is 0 Å². The van der Waals surface area contributed by atoms with E-state index in [9.17, 15) is 13.2 Å². The molecule has 0 aliphatic heterocycles. The molecule has 0 N–H and O–H groups in total. The molecule has 0 aliphatic rings. The van der Waals surface area contributed by atoms with Crippen LogP contribution in [0.5, 0.6) is 0 Å². The lowest BCUT2D eigenvalue weighted by molar-refractivity contribution is 0.108. The molecule has 0 saturated carbocycles. The normalized spacial score (nSPS) is 11.5. The van der Waals surface area contributed by atoms with Gasteiger partial charge in [0.25, 0.3) is 14.3 Å². The monoisotopic (exact) mass is 350 g/mol. The molecule has 0 unspecified atom stereocenters. The van der Waals surface area contributed by atoms with Crippen molar-refractivity contribution in [2.45, 2.75) is 4.90 Å². The molecule has 0 atom stereocenters. The van der Waals surface area contributed by atoms with Gasteiger partial charge in [0.2, 0.25) is 0 Å². The summed E-state index contributed by atoms with van der Waals surface area (Å²) in [5, 5.41) is -0.818. The van der Waals surface area contributed by atoms with E-state index >= 15 is 0 Å². The van der Waals surface area contributed by atoms with Crippen LogP contribution in [0, 0.1) is 0 Å². The van der Waals surface area contributed by atoms with Gasteiger partial charge < -0.3 is 0 Å². The van der Waals surface area contributed by atoms with Gasteiger partial charge in [0.1, 0.15) is 0 Å². The number of rotatable bonds is 2. The van der Waals surface area contributed by atoms with Gasteiger partial charge in [-0.1, -0.05) is 11.6 Å². The molecule has 82 valence electrons. The van der Waals surface area contributed by atoms with Crippen LogP contribution < -0.4 is 0 Å². The Hall–Kier alpha value is 0.190. The highest BCUT2D eigenvalue weighted by molar-refractivity contribution is 9.10. The standard InChI is InChI=1S/C7H2BrCl3O3S/c8-5-2-3(15(11,13)14)1-4(6(5)9)7(10)12/h1-2H. The second kappa shape index (κ2) is 4.59. The third-order valence-corrected chi connectivity index (χ3v) is 4.29. The van der Waals surface area contributed by atoms with E-state index in [0.29, 0.717) is 0 Å². The molecule has 0 aromatic heterocycles. The highest BCUT2D eigenvalue weighted by Gasteiger charge is 2.18. The predicted molar refractivity (Wildman–Crippen MR) is 62.4 cm³/mol. The van der Waals surface area contributed by atoms with Crippen LogP contribution in [-0.4, -0.2) is 13.7 Å².